The third kappa shape index (κ3) is 3.77. The monoisotopic (exact) mass is 600 g/mol. The summed E-state index contributed by atoms with van der Waals surface area (Å²) in [6, 6.07) is 47.2. The van der Waals surface area contributed by atoms with E-state index in [0.717, 1.165) is 39.2 Å². The summed E-state index contributed by atoms with van der Waals surface area (Å²) in [5.74, 6) is 1.53. The van der Waals surface area contributed by atoms with Gasteiger partial charge >= 0.3 is 0 Å². The van der Waals surface area contributed by atoms with Gasteiger partial charge in [0.2, 0.25) is 9.84 Å². The van der Waals surface area contributed by atoms with Gasteiger partial charge in [0.25, 0.3) is 0 Å². The smallest absolute Gasteiger partial charge is 0.211 e. The van der Waals surface area contributed by atoms with E-state index in [1.807, 2.05) is 120 Å². The fraction of sp³-hybridized carbons (Fsp3) is 0. The number of hydrogen-bond donors (Lipinski definition) is 0. The lowest BCUT2D eigenvalue weighted by Gasteiger charge is -2.23. The lowest BCUT2D eigenvalue weighted by atomic mass is 10.0. The van der Waals surface area contributed by atoms with Crippen LogP contribution in [0.15, 0.2) is 155 Å². The van der Waals surface area contributed by atoms with Crippen molar-refractivity contribution in [3.8, 4) is 45.3 Å². The normalized spacial score (nSPS) is 13.2. The van der Waals surface area contributed by atoms with Crippen LogP contribution in [0.25, 0.3) is 67.3 Å². The summed E-state index contributed by atoms with van der Waals surface area (Å²) in [4.78, 5) is 10.4. The largest absolute Gasteiger partial charge is 0.292 e. The maximum atomic E-state index is 14.4. The minimum atomic E-state index is -3.86. The number of rotatable bonds is 4. The molecule has 9 rings (SSSR count). The first-order chi connectivity index (χ1) is 22.1. The lowest BCUT2D eigenvalue weighted by molar-refractivity contribution is 0.595. The predicted octanol–water partition coefficient (Wildman–Crippen LogP) is 8.51. The number of hydrogen-bond acceptors (Lipinski definition) is 4. The summed E-state index contributed by atoms with van der Waals surface area (Å²) in [6.45, 7) is 0. The first-order valence-corrected chi connectivity index (χ1v) is 16.2. The van der Waals surface area contributed by atoms with Gasteiger partial charge < -0.3 is 0 Å². The average molecular weight is 601 g/mol. The highest BCUT2D eigenvalue weighted by atomic mass is 32.2. The Morgan fingerprint density at radius 2 is 1.09 bits per heavy atom. The molecule has 0 amide bonds. The Kier molecular flexibility index (Phi) is 5.48. The molecule has 2 aromatic heterocycles. The molecule has 0 bridgehead atoms. The highest BCUT2D eigenvalue weighted by Crippen LogP contribution is 2.45. The number of benzene rings is 6. The Hall–Kier alpha value is -5.79. The summed E-state index contributed by atoms with van der Waals surface area (Å²) in [7, 11) is -3.86. The van der Waals surface area contributed by atoms with Crippen molar-refractivity contribution in [3.05, 3.63) is 146 Å². The molecule has 3 heterocycles. The summed E-state index contributed by atoms with van der Waals surface area (Å²) >= 11 is 0. The topological polar surface area (TPSA) is 69.8 Å². The number of aromatic nitrogens is 4. The minimum absolute atomic E-state index is 0.267. The molecule has 8 aromatic rings. The predicted molar refractivity (Wildman–Crippen MR) is 177 cm³/mol. The van der Waals surface area contributed by atoms with Gasteiger partial charge in [0, 0.05) is 22.4 Å². The van der Waals surface area contributed by atoms with Crippen molar-refractivity contribution in [2.45, 2.75) is 9.79 Å². The Morgan fingerprint density at radius 3 is 1.89 bits per heavy atom. The van der Waals surface area contributed by atoms with Crippen LogP contribution in [-0.2, 0) is 9.84 Å². The van der Waals surface area contributed by atoms with Gasteiger partial charge in [0.1, 0.15) is 16.5 Å². The first-order valence-electron chi connectivity index (χ1n) is 14.7. The molecule has 1 aliphatic rings. The van der Waals surface area contributed by atoms with Gasteiger partial charge in [0.15, 0.2) is 0 Å². The first kappa shape index (κ1) is 25.7. The standard InChI is InChI=1S/C38H24N4O2S/c43-45(44)34-20-10-17-31-35(34)42(38(40-31)26-11-3-1-4-12-26)33-19-9-15-29(36(33)45)25-21-23-27(24-22-25)37-39-30-16-7-8-18-32(30)41(37)28-13-5-2-6-14-28/h1-24H. The van der Waals surface area contributed by atoms with Gasteiger partial charge in [-0.2, -0.15) is 0 Å². The van der Waals surface area contributed by atoms with Crippen LogP contribution < -0.4 is 0 Å². The van der Waals surface area contributed by atoms with Crippen LogP contribution in [-0.4, -0.2) is 27.5 Å². The van der Waals surface area contributed by atoms with E-state index in [1.165, 1.54) is 0 Å². The van der Waals surface area contributed by atoms with Crippen LogP contribution in [0.5, 0.6) is 0 Å². The Labute approximate surface area is 259 Å². The van der Waals surface area contributed by atoms with Gasteiger partial charge in [-0.25, -0.2) is 18.4 Å². The summed E-state index contributed by atoms with van der Waals surface area (Å²) in [5, 5.41) is 0. The zero-order valence-corrected chi connectivity index (χ0v) is 24.7. The number of imidazole rings is 2. The fourth-order valence-electron chi connectivity index (χ4n) is 6.51. The number of nitrogens with zero attached hydrogens (tertiary/aromatic N) is 4. The molecule has 0 saturated carbocycles. The fourth-order valence-corrected chi connectivity index (χ4v) is 8.34. The molecule has 0 fully saturated rings. The molecule has 1 aliphatic heterocycles. The van der Waals surface area contributed by atoms with Crippen LogP contribution in [0.4, 0.5) is 0 Å². The molecular formula is C38H24N4O2S. The Balaban J connectivity index is 1.23. The Morgan fingerprint density at radius 1 is 0.489 bits per heavy atom. The maximum Gasteiger partial charge on any atom is 0.211 e. The average Bonchev–Trinajstić information content (AvgIpc) is 3.68. The summed E-state index contributed by atoms with van der Waals surface area (Å²) < 4.78 is 32.9. The van der Waals surface area contributed by atoms with Crippen LogP contribution in [0, 0.1) is 0 Å². The van der Waals surface area contributed by atoms with Crippen molar-refractivity contribution in [2.75, 3.05) is 0 Å². The molecule has 7 heteroatoms. The van der Waals surface area contributed by atoms with E-state index < -0.39 is 9.84 Å². The SMILES string of the molecule is O=S1(=O)c2c(-c3ccc(-c4nc5ccccc5n4-c4ccccc4)cc3)cccc2-n2c(-c3ccccc3)nc3cccc1c32. The van der Waals surface area contributed by atoms with E-state index in [9.17, 15) is 8.42 Å². The summed E-state index contributed by atoms with van der Waals surface area (Å²) in [6.07, 6.45) is 0. The van der Waals surface area contributed by atoms with Crippen LogP contribution >= 0.6 is 0 Å². The molecule has 6 aromatic carbocycles. The van der Waals surface area contributed by atoms with Crippen LogP contribution in [0.1, 0.15) is 0 Å². The molecule has 0 atom stereocenters. The molecule has 45 heavy (non-hydrogen) atoms. The number of para-hydroxylation sites is 4. The van der Waals surface area contributed by atoms with Crippen molar-refractivity contribution in [1.29, 1.82) is 0 Å². The van der Waals surface area contributed by atoms with Crippen molar-refractivity contribution >= 4 is 31.9 Å². The van der Waals surface area contributed by atoms with Crippen LogP contribution in [0.2, 0.25) is 0 Å². The molecule has 0 saturated heterocycles. The van der Waals surface area contributed by atoms with Gasteiger partial charge in [-0.05, 0) is 48.0 Å². The zero-order chi connectivity index (χ0) is 30.1. The second-order valence-electron chi connectivity index (χ2n) is 11.1. The Bertz CT molecular complexity index is 2530. The molecule has 0 spiro atoms. The van der Waals surface area contributed by atoms with E-state index in [0.29, 0.717) is 28.1 Å². The molecule has 0 aliphatic carbocycles. The molecule has 214 valence electrons. The zero-order valence-electron chi connectivity index (χ0n) is 23.9. The van der Waals surface area contributed by atoms with Gasteiger partial charge in [-0.3, -0.25) is 9.13 Å². The number of sulfone groups is 1. The van der Waals surface area contributed by atoms with Gasteiger partial charge in [-0.1, -0.05) is 103 Å². The molecular weight excluding hydrogens is 577 g/mol. The summed E-state index contributed by atoms with van der Waals surface area (Å²) in [5.41, 5.74) is 8.10. The second-order valence-corrected chi connectivity index (χ2v) is 12.9. The number of fused-ring (bicyclic) bond motifs is 3. The van der Waals surface area contributed by atoms with Crippen LogP contribution in [0.3, 0.4) is 0 Å². The quantitative estimate of drug-likeness (QED) is 0.203. The molecule has 0 unspecified atom stereocenters. The lowest BCUT2D eigenvalue weighted by Crippen LogP contribution is -2.16. The third-order valence-corrected chi connectivity index (χ3v) is 10.4. The minimum Gasteiger partial charge on any atom is -0.292 e. The van der Waals surface area contributed by atoms with Gasteiger partial charge in [0.05, 0.1) is 32.6 Å². The molecule has 6 nitrogen and oxygen atoms in total. The third-order valence-electron chi connectivity index (χ3n) is 8.49. The van der Waals surface area contributed by atoms with Crippen molar-refractivity contribution in [2.24, 2.45) is 0 Å². The second kappa shape index (κ2) is 9.61. The van der Waals surface area contributed by atoms with E-state index in [-0.39, 0.29) is 9.79 Å². The van der Waals surface area contributed by atoms with E-state index in [4.69, 9.17) is 9.97 Å². The highest BCUT2D eigenvalue weighted by molar-refractivity contribution is 7.92. The maximum absolute atomic E-state index is 14.4. The highest BCUT2D eigenvalue weighted by Gasteiger charge is 2.35. The molecule has 0 radical (unpaired) electrons. The van der Waals surface area contributed by atoms with E-state index >= 15 is 0 Å². The van der Waals surface area contributed by atoms with Crippen molar-refractivity contribution in [1.82, 2.24) is 19.1 Å². The van der Waals surface area contributed by atoms with Crippen molar-refractivity contribution < 1.29 is 8.42 Å². The van der Waals surface area contributed by atoms with E-state index in [2.05, 4.69) is 22.8 Å². The van der Waals surface area contributed by atoms with Crippen molar-refractivity contribution in [3.63, 3.8) is 0 Å². The van der Waals surface area contributed by atoms with E-state index in [1.54, 1.807) is 12.1 Å². The van der Waals surface area contributed by atoms with Gasteiger partial charge in [-0.15, -0.1) is 0 Å². The molecule has 0 N–H and O–H groups in total.